The SMILES string of the molecule is CCC[Si](O)(OCC)OCC. The lowest BCUT2D eigenvalue weighted by Gasteiger charge is -2.21. The Balaban J connectivity index is 3.79. The van der Waals surface area contributed by atoms with E-state index in [1.165, 1.54) is 0 Å². The summed E-state index contributed by atoms with van der Waals surface area (Å²) < 4.78 is 10.4. The van der Waals surface area contributed by atoms with E-state index in [1.807, 2.05) is 20.8 Å². The molecule has 0 spiro atoms. The van der Waals surface area contributed by atoms with Crippen molar-refractivity contribution in [1.82, 2.24) is 0 Å². The minimum absolute atomic E-state index is 0.530. The molecule has 68 valence electrons. The van der Waals surface area contributed by atoms with Gasteiger partial charge in [-0.15, -0.1) is 0 Å². The van der Waals surface area contributed by atoms with Crippen LogP contribution in [0.25, 0.3) is 0 Å². The highest BCUT2D eigenvalue weighted by atomic mass is 28.4. The summed E-state index contributed by atoms with van der Waals surface area (Å²) in [7, 11) is -2.75. The molecule has 0 saturated heterocycles. The normalized spacial score (nSPS) is 12.0. The fraction of sp³-hybridized carbons (Fsp3) is 1.00. The smallest absolute Gasteiger partial charge is 0.390 e. The van der Waals surface area contributed by atoms with Crippen LogP contribution in [0.1, 0.15) is 27.2 Å². The van der Waals surface area contributed by atoms with E-state index in [9.17, 15) is 4.80 Å². The van der Waals surface area contributed by atoms with Gasteiger partial charge < -0.3 is 13.6 Å². The molecule has 0 saturated carbocycles. The molecule has 0 aliphatic heterocycles. The molecular formula is C7H18O3Si. The molecule has 0 aromatic carbocycles. The molecule has 1 N–H and O–H groups in total. The van der Waals surface area contributed by atoms with Crippen molar-refractivity contribution in [3.8, 4) is 0 Å². The Morgan fingerprint density at radius 3 is 1.82 bits per heavy atom. The molecule has 11 heavy (non-hydrogen) atoms. The lowest BCUT2D eigenvalue weighted by atomic mass is 10.6. The molecule has 0 fully saturated rings. The maximum absolute atomic E-state index is 9.71. The van der Waals surface area contributed by atoms with E-state index in [2.05, 4.69) is 0 Å². The Labute approximate surface area is 69.7 Å². The Kier molecular flexibility index (Phi) is 5.76. The molecule has 0 aliphatic carbocycles. The number of hydrogen-bond acceptors (Lipinski definition) is 3. The van der Waals surface area contributed by atoms with E-state index in [-0.39, 0.29) is 0 Å². The van der Waals surface area contributed by atoms with Gasteiger partial charge in [0.1, 0.15) is 0 Å². The maximum Gasteiger partial charge on any atom is 0.498 e. The van der Waals surface area contributed by atoms with Crippen molar-refractivity contribution in [2.75, 3.05) is 13.2 Å². The molecule has 0 aliphatic rings. The van der Waals surface area contributed by atoms with Gasteiger partial charge in [0.15, 0.2) is 0 Å². The maximum atomic E-state index is 9.71. The van der Waals surface area contributed by atoms with Crippen LogP contribution in [0.5, 0.6) is 0 Å². The first-order chi connectivity index (χ1) is 5.18. The van der Waals surface area contributed by atoms with Crippen LogP contribution in [0.2, 0.25) is 6.04 Å². The van der Waals surface area contributed by atoms with Crippen LogP contribution in [-0.2, 0) is 8.85 Å². The average Bonchev–Trinajstić information content (AvgIpc) is 1.88. The second-order valence-electron chi connectivity index (χ2n) is 2.33. The van der Waals surface area contributed by atoms with E-state index in [0.29, 0.717) is 19.3 Å². The lowest BCUT2D eigenvalue weighted by molar-refractivity contribution is 0.108. The fourth-order valence-corrected chi connectivity index (χ4v) is 2.86. The monoisotopic (exact) mass is 178 g/mol. The molecular weight excluding hydrogens is 160 g/mol. The molecule has 4 heteroatoms. The summed E-state index contributed by atoms with van der Waals surface area (Å²) in [6.45, 7) is 6.81. The van der Waals surface area contributed by atoms with Crippen LogP contribution in [0.4, 0.5) is 0 Å². The molecule has 0 aromatic rings. The predicted molar refractivity (Wildman–Crippen MR) is 46.3 cm³/mol. The lowest BCUT2D eigenvalue weighted by Crippen LogP contribution is -2.42. The van der Waals surface area contributed by atoms with E-state index in [1.54, 1.807) is 0 Å². The first kappa shape index (κ1) is 11.1. The minimum Gasteiger partial charge on any atom is -0.390 e. The summed E-state index contributed by atoms with van der Waals surface area (Å²) >= 11 is 0. The van der Waals surface area contributed by atoms with Gasteiger partial charge >= 0.3 is 8.80 Å². The molecule has 3 nitrogen and oxygen atoms in total. The van der Waals surface area contributed by atoms with Crippen LogP contribution in [-0.4, -0.2) is 26.8 Å². The minimum atomic E-state index is -2.75. The van der Waals surface area contributed by atoms with Crippen LogP contribution < -0.4 is 0 Å². The summed E-state index contributed by atoms with van der Waals surface area (Å²) in [6.07, 6.45) is 0.905. The number of rotatable bonds is 6. The van der Waals surface area contributed by atoms with Crippen LogP contribution in [0.3, 0.4) is 0 Å². The highest BCUT2D eigenvalue weighted by Gasteiger charge is 2.34. The van der Waals surface area contributed by atoms with Gasteiger partial charge in [-0.3, -0.25) is 0 Å². The van der Waals surface area contributed by atoms with Crippen LogP contribution >= 0.6 is 0 Å². The third-order valence-corrected chi connectivity index (χ3v) is 3.92. The van der Waals surface area contributed by atoms with Gasteiger partial charge in [-0.2, -0.15) is 0 Å². The zero-order chi connectivity index (χ0) is 8.74. The second kappa shape index (κ2) is 5.71. The summed E-state index contributed by atoms with van der Waals surface area (Å²) in [5.74, 6) is 0. The molecule has 0 rings (SSSR count). The predicted octanol–water partition coefficient (Wildman–Crippen LogP) is 1.40. The third kappa shape index (κ3) is 4.52. The van der Waals surface area contributed by atoms with Gasteiger partial charge in [-0.1, -0.05) is 13.3 Å². The van der Waals surface area contributed by atoms with Crippen molar-refractivity contribution in [3.63, 3.8) is 0 Å². The number of hydrogen-bond donors (Lipinski definition) is 1. The van der Waals surface area contributed by atoms with Gasteiger partial charge in [0.25, 0.3) is 0 Å². The summed E-state index contributed by atoms with van der Waals surface area (Å²) in [6, 6.07) is 0.661. The van der Waals surface area contributed by atoms with E-state index < -0.39 is 8.80 Å². The van der Waals surface area contributed by atoms with Crippen molar-refractivity contribution < 1.29 is 13.6 Å². The summed E-state index contributed by atoms with van der Waals surface area (Å²) in [5, 5.41) is 0. The largest absolute Gasteiger partial charge is 0.498 e. The Morgan fingerprint density at radius 1 is 1.09 bits per heavy atom. The fourth-order valence-electron chi connectivity index (χ4n) is 0.953. The second-order valence-corrected chi connectivity index (χ2v) is 4.83. The third-order valence-electron chi connectivity index (χ3n) is 1.31. The van der Waals surface area contributed by atoms with Crippen molar-refractivity contribution in [3.05, 3.63) is 0 Å². The van der Waals surface area contributed by atoms with Crippen LogP contribution in [0.15, 0.2) is 0 Å². The van der Waals surface area contributed by atoms with Crippen molar-refractivity contribution >= 4 is 8.80 Å². The topological polar surface area (TPSA) is 38.7 Å². The first-order valence-corrected chi connectivity index (χ1v) is 6.15. The molecule has 0 heterocycles. The van der Waals surface area contributed by atoms with Crippen LogP contribution in [0, 0.1) is 0 Å². The molecule has 0 unspecified atom stereocenters. The standard InChI is InChI=1S/C7H18O3Si/c1-4-7-11(8,9-5-2)10-6-3/h8H,4-7H2,1-3H3. The highest BCUT2D eigenvalue weighted by molar-refractivity contribution is 6.59. The van der Waals surface area contributed by atoms with Gasteiger partial charge in [-0.05, 0) is 13.8 Å². The summed E-state index contributed by atoms with van der Waals surface area (Å²) in [5.41, 5.74) is 0. The van der Waals surface area contributed by atoms with Gasteiger partial charge in [0.2, 0.25) is 0 Å². The quantitative estimate of drug-likeness (QED) is 0.625. The average molecular weight is 178 g/mol. The van der Waals surface area contributed by atoms with Crippen molar-refractivity contribution in [2.24, 2.45) is 0 Å². The van der Waals surface area contributed by atoms with Crippen molar-refractivity contribution in [2.45, 2.75) is 33.2 Å². The molecule has 0 bridgehead atoms. The van der Waals surface area contributed by atoms with E-state index >= 15 is 0 Å². The zero-order valence-electron chi connectivity index (χ0n) is 7.59. The van der Waals surface area contributed by atoms with Gasteiger partial charge in [0.05, 0.1) is 0 Å². The molecule has 0 aromatic heterocycles. The Hall–Kier alpha value is 0.0969. The Bertz CT molecular complexity index is 80.7. The highest BCUT2D eigenvalue weighted by Crippen LogP contribution is 2.11. The molecule has 0 amide bonds. The Morgan fingerprint density at radius 2 is 1.55 bits per heavy atom. The van der Waals surface area contributed by atoms with Gasteiger partial charge in [-0.25, -0.2) is 0 Å². The zero-order valence-corrected chi connectivity index (χ0v) is 8.59. The molecule has 0 atom stereocenters. The van der Waals surface area contributed by atoms with Crippen molar-refractivity contribution in [1.29, 1.82) is 0 Å². The van der Waals surface area contributed by atoms with E-state index in [0.717, 1.165) is 6.42 Å². The van der Waals surface area contributed by atoms with E-state index in [4.69, 9.17) is 8.85 Å². The van der Waals surface area contributed by atoms with Gasteiger partial charge in [0, 0.05) is 19.3 Å². The molecule has 0 radical (unpaired) electrons. The summed E-state index contributed by atoms with van der Waals surface area (Å²) in [4.78, 5) is 9.71. The first-order valence-electron chi connectivity index (χ1n) is 4.18.